The molecule has 1 aromatic carbocycles. The van der Waals surface area contributed by atoms with Crippen LogP contribution in [0.3, 0.4) is 0 Å². The minimum absolute atomic E-state index is 0.610. The Bertz CT molecular complexity index is 786. The zero-order valence-electron chi connectivity index (χ0n) is 12.2. The molecule has 0 atom stereocenters. The van der Waals surface area contributed by atoms with Crippen LogP contribution in [-0.2, 0) is 13.6 Å². The van der Waals surface area contributed by atoms with Crippen molar-refractivity contribution in [3.05, 3.63) is 35.9 Å². The first-order valence-electron chi connectivity index (χ1n) is 7.17. The molecule has 3 aromatic rings. The molecular weight excluding hydrogens is 282 g/mol. The Hall–Kier alpha value is -1.95. The van der Waals surface area contributed by atoms with Crippen LogP contribution in [0.1, 0.15) is 30.4 Å². The number of rotatable bonds is 4. The smallest absolute Gasteiger partial charge is 0.205 e. The Balaban J connectivity index is 1.59. The van der Waals surface area contributed by atoms with Crippen molar-refractivity contribution in [3.8, 4) is 0 Å². The molecule has 1 saturated carbocycles. The molecule has 2 heterocycles. The van der Waals surface area contributed by atoms with Gasteiger partial charge in [-0.05, 0) is 25.0 Å². The van der Waals surface area contributed by atoms with Crippen LogP contribution in [0.4, 0.5) is 5.13 Å². The Morgan fingerprint density at radius 1 is 1.29 bits per heavy atom. The van der Waals surface area contributed by atoms with Crippen LogP contribution in [0, 0.1) is 0 Å². The molecule has 0 spiro atoms. The van der Waals surface area contributed by atoms with Gasteiger partial charge in [-0.25, -0.2) is 9.97 Å². The zero-order valence-corrected chi connectivity index (χ0v) is 13.0. The van der Waals surface area contributed by atoms with Crippen molar-refractivity contribution in [2.45, 2.75) is 25.3 Å². The lowest BCUT2D eigenvalue weighted by Crippen LogP contribution is -2.18. The molecule has 0 N–H and O–H groups in total. The van der Waals surface area contributed by atoms with Crippen molar-refractivity contribution >= 4 is 27.7 Å². The number of hydrogen-bond donors (Lipinski definition) is 0. The molecule has 108 valence electrons. The first-order valence-corrected chi connectivity index (χ1v) is 7.95. The topological polar surface area (TPSA) is 46.8 Å². The van der Waals surface area contributed by atoms with E-state index in [0.717, 1.165) is 34.4 Å². The van der Waals surface area contributed by atoms with Gasteiger partial charge >= 0.3 is 0 Å². The van der Waals surface area contributed by atoms with Crippen molar-refractivity contribution in [2.24, 2.45) is 7.05 Å². The highest BCUT2D eigenvalue weighted by Gasteiger charge is 2.28. The summed E-state index contributed by atoms with van der Waals surface area (Å²) in [4.78, 5) is 11.5. The molecule has 6 heteroatoms. The van der Waals surface area contributed by atoms with Gasteiger partial charge in [-0.15, -0.1) is 0 Å². The molecule has 0 radical (unpaired) electrons. The highest BCUT2D eigenvalue weighted by molar-refractivity contribution is 7.09. The molecule has 0 amide bonds. The molecule has 5 nitrogen and oxygen atoms in total. The number of fused-ring (bicyclic) bond motifs is 1. The third kappa shape index (κ3) is 2.29. The van der Waals surface area contributed by atoms with E-state index in [0.29, 0.717) is 5.92 Å². The van der Waals surface area contributed by atoms with Gasteiger partial charge in [0, 0.05) is 31.5 Å². The summed E-state index contributed by atoms with van der Waals surface area (Å²) in [6, 6.07) is 8.22. The SMILES string of the molecule is CN(Cc1nc2ccccc2n1C)c1nc(C2CC2)ns1. The van der Waals surface area contributed by atoms with E-state index in [4.69, 9.17) is 4.98 Å². The predicted octanol–water partition coefficient (Wildman–Crippen LogP) is 2.94. The van der Waals surface area contributed by atoms with E-state index in [1.807, 2.05) is 12.1 Å². The second-order valence-corrected chi connectivity index (χ2v) is 6.37. The van der Waals surface area contributed by atoms with E-state index in [-0.39, 0.29) is 0 Å². The van der Waals surface area contributed by atoms with E-state index in [9.17, 15) is 0 Å². The highest BCUT2D eigenvalue weighted by Crippen LogP contribution is 2.39. The maximum atomic E-state index is 4.71. The molecule has 0 aliphatic heterocycles. The van der Waals surface area contributed by atoms with Crippen molar-refractivity contribution in [1.29, 1.82) is 0 Å². The summed E-state index contributed by atoms with van der Waals surface area (Å²) in [7, 11) is 4.12. The summed E-state index contributed by atoms with van der Waals surface area (Å²) < 4.78 is 6.62. The number of aryl methyl sites for hydroxylation is 1. The van der Waals surface area contributed by atoms with Crippen LogP contribution >= 0.6 is 11.5 Å². The maximum absolute atomic E-state index is 4.71. The van der Waals surface area contributed by atoms with E-state index in [2.05, 4.69) is 45.1 Å². The van der Waals surface area contributed by atoms with Gasteiger partial charge in [-0.3, -0.25) is 0 Å². The monoisotopic (exact) mass is 299 g/mol. The summed E-state index contributed by atoms with van der Waals surface area (Å²) in [5.41, 5.74) is 2.20. The molecule has 1 aliphatic rings. The normalized spacial score (nSPS) is 14.8. The molecule has 1 aliphatic carbocycles. The maximum Gasteiger partial charge on any atom is 0.205 e. The minimum atomic E-state index is 0.610. The molecule has 1 fully saturated rings. The fourth-order valence-electron chi connectivity index (χ4n) is 2.51. The minimum Gasteiger partial charge on any atom is -0.342 e. The lowest BCUT2D eigenvalue weighted by molar-refractivity contribution is 0.772. The number of benzene rings is 1. The van der Waals surface area contributed by atoms with Crippen molar-refractivity contribution in [2.75, 3.05) is 11.9 Å². The Morgan fingerprint density at radius 2 is 2.10 bits per heavy atom. The third-order valence-electron chi connectivity index (χ3n) is 3.96. The van der Waals surface area contributed by atoms with Crippen molar-refractivity contribution in [1.82, 2.24) is 18.9 Å². The Labute approximate surface area is 127 Å². The van der Waals surface area contributed by atoms with E-state index >= 15 is 0 Å². The van der Waals surface area contributed by atoms with E-state index < -0.39 is 0 Å². The quantitative estimate of drug-likeness (QED) is 0.743. The average Bonchev–Trinajstić information content (AvgIpc) is 3.14. The van der Waals surface area contributed by atoms with Crippen LogP contribution in [-0.4, -0.2) is 26.0 Å². The number of nitrogens with zero attached hydrogens (tertiary/aromatic N) is 5. The highest BCUT2D eigenvalue weighted by atomic mass is 32.1. The lowest BCUT2D eigenvalue weighted by atomic mass is 10.3. The van der Waals surface area contributed by atoms with Gasteiger partial charge in [0.2, 0.25) is 5.13 Å². The molecule has 0 saturated heterocycles. The third-order valence-corrected chi connectivity index (χ3v) is 4.80. The molecule has 0 unspecified atom stereocenters. The van der Waals surface area contributed by atoms with Gasteiger partial charge in [0.15, 0.2) is 0 Å². The summed E-state index contributed by atoms with van der Waals surface area (Å²) in [6.45, 7) is 0.741. The van der Waals surface area contributed by atoms with Crippen LogP contribution in [0.15, 0.2) is 24.3 Å². The van der Waals surface area contributed by atoms with Crippen LogP contribution < -0.4 is 4.90 Å². The summed E-state index contributed by atoms with van der Waals surface area (Å²) >= 11 is 1.49. The first kappa shape index (κ1) is 12.8. The fourth-order valence-corrected chi connectivity index (χ4v) is 3.21. The lowest BCUT2D eigenvalue weighted by Gasteiger charge is -2.14. The second kappa shape index (κ2) is 4.80. The first-order chi connectivity index (χ1) is 10.2. The van der Waals surface area contributed by atoms with E-state index in [1.54, 1.807) is 0 Å². The molecule has 4 rings (SSSR count). The van der Waals surface area contributed by atoms with Crippen LogP contribution in [0.25, 0.3) is 11.0 Å². The van der Waals surface area contributed by atoms with Crippen molar-refractivity contribution < 1.29 is 0 Å². The predicted molar refractivity (Wildman–Crippen MR) is 84.7 cm³/mol. The number of imidazole rings is 1. The van der Waals surface area contributed by atoms with E-state index in [1.165, 1.54) is 24.4 Å². The molecule has 21 heavy (non-hydrogen) atoms. The molecule has 0 bridgehead atoms. The van der Waals surface area contributed by atoms with Gasteiger partial charge in [-0.1, -0.05) is 12.1 Å². The van der Waals surface area contributed by atoms with Gasteiger partial charge < -0.3 is 9.47 Å². The van der Waals surface area contributed by atoms with Gasteiger partial charge in [0.05, 0.1) is 17.6 Å². The Morgan fingerprint density at radius 3 is 2.86 bits per heavy atom. The summed E-state index contributed by atoms with van der Waals surface area (Å²) in [5.74, 6) is 2.67. The largest absolute Gasteiger partial charge is 0.342 e. The summed E-state index contributed by atoms with van der Waals surface area (Å²) in [6.07, 6.45) is 2.48. The number of para-hydroxylation sites is 2. The van der Waals surface area contributed by atoms with Crippen LogP contribution in [0.2, 0.25) is 0 Å². The van der Waals surface area contributed by atoms with Gasteiger partial charge in [0.25, 0.3) is 0 Å². The fraction of sp³-hybridized carbons (Fsp3) is 0.400. The Kier molecular flexibility index (Phi) is 2.92. The zero-order chi connectivity index (χ0) is 14.4. The molecular formula is C15H17N5S. The van der Waals surface area contributed by atoms with Gasteiger partial charge in [-0.2, -0.15) is 4.37 Å². The second-order valence-electron chi connectivity index (χ2n) is 5.64. The van der Waals surface area contributed by atoms with Crippen LogP contribution in [0.5, 0.6) is 0 Å². The standard InChI is InChI=1S/C15H17N5S/c1-19(15-17-14(18-21-15)10-7-8-10)9-13-16-11-5-3-4-6-12(11)20(13)2/h3-6,10H,7-9H2,1-2H3. The number of aromatic nitrogens is 4. The number of hydrogen-bond acceptors (Lipinski definition) is 5. The van der Waals surface area contributed by atoms with Crippen molar-refractivity contribution in [3.63, 3.8) is 0 Å². The number of anilines is 1. The van der Waals surface area contributed by atoms with Gasteiger partial charge in [0.1, 0.15) is 11.6 Å². The molecule has 2 aromatic heterocycles. The average molecular weight is 299 g/mol. The summed E-state index contributed by atoms with van der Waals surface area (Å²) in [5, 5.41) is 0.976.